The van der Waals surface area contributed by atoms with E-state index in [9.17, 15) is 0 Å². The van der Waals surface area contributed by atoms with E-state index in [2.05, 4.69) is 28.8 Å². The molecule has 12 aromatic rings. The average molecular weight is 754 g/mol. The molecule has 0 fully saturated rings. The Balaban J connectivity index is 1.14. The van der Waals surface area contributed by atoms with Crippen LogP contribution in [0.4, 0.5) is 0 Å². The van der Waals surface area contributed by atoms with Crippen LogP contribution in [0.25, 0.3) is 109 Å². The topological polar surface area (TPSA) is 48.5 Å². The Kier molecular flexibility index (Phi) is 5.49. The molecule has 0 saturated heterocycles. The number of hydrogen-bond acceptors (Lipinski definition) is 4. The van der Waals surface area contributed by atoms with E-state index in [-0.39, 0.29) is 46.0 Å². The van der Waals surface area contributed by atoms with Gasteiger partial charge in [0.05, 0.1) is 37.7 Å². The number of fused-ring (bicyclic) bond motifs is 10. The lowest BCUT2D eigenvalue weighted by atomic mass is 10.1. The van der Waals surface area contributed by atoms with Gasteiger partial charge in [0.2, 0.25) is 0 Å². The normalized spacial score (nSPS) is 13.8. The van der Waals surface area contributed by atoms with Gasteiger partial charge in [-0.25, -0.2) is 15.0 Å². The molecule has 0 aliphatic carbocycles. The molecule has 0 bridgehead atoms. The minimum Gasteiger partial charge on any atom is -0.309 e. The number of rotatable bonds is 5. The summed E-state index contributed by atoms with van der Waals surface area (Å²) in [4.78, 5) is 14.8. The van der Waals surface area contributed by atoms with Crippen LogP contribution < -0.4 is 0 Å². The molecule has 0 aliphatic rings. The van der Waals surface area contributed by atoms with Crippen molar-refractivity contribution in [3.05, 3.63) is 188 Å². The zero-order chi connectivity index (χ0) is 44.4. The molecule has 57 heavy (non-hydrogen) atoms. The van der Waals surface area contributed by atoms with Gasteiger partial charge >= 0.3 is 0 Å². The predicted octanol–water partition coefficient (Wildman–Crippen LogP) is 13.4. The van der Waals surface area contributed by atoms with Crippen molar-refractivity contribution in [2.24, 2.45) is 0 Å². The Bertz CT molecular complexity index is 3840. The van der Waals surface area contributed by atoms with E-state index in [1.54, 1.807) is 15.9 Å². The first-order valence-corrected chi connectivity index (χ1v) is 19.3. The second kappa shape index (κ2) is 12.6. The van der Waals surface area contributed by atoms with Crippen molar-refractivity contribution >= 4 is 75.1 Å². The number of nitrogens with zero attached hydrogens (tertiary/aromatic N) is 5. The maximum Gasteiger partial charge on any atom is 0.164 e. The molecule has 0 N–H and O–H groups in total. The van der Waals surface area contributed by atoms with Gasteiger partial charge in [-0.15, -0.1) is 11.3 Å². The summed E-state index contributed by atoms with van der Waals surface area (Å²) < 4.78 is 76.6. The molecule has 0 aliphatic heterocycles. The van der Waals surface area contributed by atoms with E-state index < -0.39 is 24.2 Å². The SMILES string of the molecule is [2H]c1c([2H])c([2H])c2c(c1[2H])c1c([2H])c([2H])c([2H])c([2H])c1n2-c1ccc2c3ccc4c5ccccc5sc4c3n(-c3ccc(-c4nc(-c5ccccc5)nc(-c5ccccc5)n4)cc3)c2c1. The highest BCUT2D eigenvalue weighted by Crippen LogP contribution is 2.44. The molecule has 0 spiro atoms. The molecule has 5 nitrogen and oxygen atoms in total. The zero-order valence-electron chi connectivity index (χ0n) is 37.9. The van der Waals surface area contributed by atoms with Gasteiger partial charge < -0.3 is 9.13 Å². The number of benzene rings is 8. The molecule has 8 aromatic carbocycles. The van der Waals surface area contributed by atoms with Crippen LogP contribution in [0, 0.1) is 0 Å². The Hall–Kier alpha value is -7.41. The highest BCUT2D eigenvalue weighted by atomic mass is 32.1. The van der Waals surface area contributed by atoms with Gasteiger partial charge in [0.15, 0.2) is 17.5 Å². The summed E-state index contributed by atoms with van der Waals surface area (Å²) in [6.45, 7) is 0. The molecule has 0 saturated carbocycles. The van der Waals surface area contributed by atoms with Crippen molar-refractivity contribution < 1.29 is 11.0 Å². The van der Waals surface area contributed by atoms with Gasteiger partial charge in [0.1, 0.15) is 0 Å². The van der Waals surface area contributed by atoms with Crippen molar-refractivity contribution in [1.29, 1.82) is 0 Å². The molecule has 0 atom stereocenters. The lowest BCUT2D eigenvalue weighted by Gasteiger charge is -2.12. The van der Waals surface area contributed by atoms with Crippen LogP contribution in [-0.2, 0) is 0 Å². The molecule has 6 heteroatoms. The van der Waals surface area contributed by atoms with Gasteiger partial charge in [-0.3, -0.25) is 0 Å². The summed E-state index contributed by atoms with van der Waals surface area (Å²) in [5.74, 6) is 1.63. The van der Waals surface area contributed by atoms with Crippen LogP contribution >= 0.6 is 11.3 Å². The third-order valence-electron chi connectivity index (χ3n) is 10.6. The van der Waals surface area contributed by atoms with Gasteiger partial charge in [-0.1, -0.05) is 133 Å². The Morgan fingerprint density at radius 1 is 0.404 bits per heavy atom. The first-order chi connectivity index (χ1) is 31.6. The van der Waals surface area contributed by atoms with Gasteiger partial charge in [-0.05, 0) is 54.5 Å². The van der Waals surface area contributed by atoms with Crippen molar-refractivity contribution in [2.45, 2.75) is 0 Å². The van der Waals surface area contributed by atoms with Crippen LogP contribution in [0.15, 0.2) is 188 Å². The van der Waals surface area contributed by atoms with E-state index in [0.29, 0.717) is 23.2 Å². The first kappa shape index (κ1) is 24.9. The number of para-hydroxylation sites is 2. The molecular weight excluding hydrogens is 715 g/mol. The first-order valence-electron chi connectivity index (χ1n) is 22.5. The molecule has 4 aromatic heterocycles. The average Bonchev–Trinajstić information content (AvgIpc) is 4.02. The summed E-state index contributed by atoms with van der Waals surface area (Å²) in [6, 6.07) is 42.8. The quantitative estimate of drug-likeness (QED) is 0.176. The standard InChI is InChI=1S/C51H31N5S/c1-3-13-32(14-4-1)49-52-50(33-15-5-2-6-16-33)54-51(53-49)34-23-25-35(26-24-34)56-45-31-36(55-43-20-10-7-17-37(43)38-18-8-11-21-44(38)55)27-28-39(45)41-29-30-42-40-19-9-12-22-46(40)57-48(42)47(41)56/h1-31H/i7D,8D,10D,11D,17D,18D,20D,21D. The number of aromatic nitrogens is 5. The minimum absolute atomic E-state index is 0.0328. The van der Waals surface area contributed by atoms with Crippen molar-refractivity contribution in [1.82, 2.24) is 24.1 Å². The molecular formula is C51H31N5S. The van der Waals surface area contributed by atoms with Gasteiger partial charge in [0, 0.05) is 65.1 Å². The summed E-state index contributed by atoms with van der Waals surface area (Å²) in [5, 5.41) is 4.25. The van der Waals surface area contributed by atoms with E-state index >= 15 is 0 Å². The lowest BCUT2D eigenvalue weighted by Crippen LogP contribution is -2.00. The second-order valence-electron chi connectivity index (χ2n) is 13.8. The third-order valence-corrected chi connectivity index (χ3v) is 11.8. The molecule has 12 rings (SSSR count). The molecule has 266 valence electrons. The Labute approximate surface area is 342 Å². The van der Waals surface area contributed by atoms with Crippen LogP contribution in [0.2, 0.25) is 0 Å². The molecule has 4 heterocycles. The lowest BCUT2D eigenvalue weighted by molar-refractivity contribution is 1.07. The fourth-order valence-electron chi connectivity index (χ4n) is 8.05. The predicted molar refractivity (Wildman–Crippen MR) is 238 cm³/mol. The van der Waals surface area contributed by atoms with E-state index in [1.165, 1.54) is 0 Å². The molecule has 0 radical (unpaired) electrons. The van der Waals surface area contributed by atoms with E-state index in [4.69, 9.17) is 25.9 Å². The van der Waals surface area contributed by atoms with Crippen LogP contribution in [0.5, 0.6) is 0 Å². The van der Waals surface area contributed by atoms with E-state index in [1.807, 2.05) is 115 Å². The Morgan fingerprint density at radius 2 is 0.930 bits per heavy atom. The summed E-state index contributed by atoms with van der Waals surface area (Å²) in [7, 11) is 0. The summed E-state index contributed by atoms with van der Waals surface area (Å²) in [6.07, 6.45) is 0. The highest BCUT2D eigenvalue weighted by Gasteiger charge is 2.20. The van der Waals surface area contributed by atoms with Crippen LogP contribution in [0.1, 0.15) is 11.0 Å². The maximum atomic E-state index is 9.14. The van der Waals surface area contributed by atoms with Crippen LogP contribution in [0.3, 0.4) is 0 Å². The monoisotopic (exact) mass is 753 g/mol. The van der Waals surface area contributed by atoms with Crippen molar-refractivity contribution in [2.75, 3.05) is 0 Å². The van der Waals surface area contributed by atoms with Gasteiger partial charge in [-0.2, -0.15) is 0 Å². The fraction of sp³-hybridized carbons (Fsp3) is 0. The minimum atomic E-state index is -0.481. The number of thiophene rings is 1. The van der Waals surface area contributed by atoms with Crippen molar-refractivity contribution in [3.8, 4) is 45.5 Å². The Morgan fingerprint density at radius 3 is 1.58 bits per heavy atom. The fourth-order valence-corrected chi connectivity index (χ4v) is 9.29. The van der Waals surface area contributed by atoms with E-state index in [0.717, 1.165) is 64.4 Å². The summed E-state index contributed by atoms with van der Waals surface area (Å²) in [5.41, 5.74) is 5.72. The largest absolute Gasteiger partial charge is 0.309 e. The summed E-state index contributed by atoms with van der Waals surface area (Å²) >= 11 is 1.71. The smallest absolute Gasteiger partial charge is 0.164 e. The third kappa shape index (κ3) is 4.98. The second-order valence-corrected chi connectivity index (χ2v) is 14.9. The zero-order valence-corrected chi connectivity index (χ0v) is 30.7. The highest BCUT2D eigenvalue weighted by molar-refractivity contribution is 7.26. The van der Waals surface area contributed by atoms with Gasteiger partial charge in [0.25, 0.3) is 0 Å². The maximum absolute atomic E-state index is 9.14. The molecule has 0 unspecified atom stereocenters. The van der Waals surface area contributed by atoms with Crippen molar-refractivity contribution in [3.63, 3.8) is 0 Å². The number of hydrogen-bond donors (Lipinski definition) is 0. The molecule has 0 amide bonds. The van der Waals surface area contributed by atoms with Crippen LogP contribution in [-0.4, -0.2) is 24.1 Å².